The highest BCUT2D eigenvalue weighted by atomic mass is 32.2. The van der Waals surface area contributed by atoms with Gasteiger partial charge in [0.1, 0.15) is 5.25 Å². The number of benzene rings is 4. The van der Waals surface area contributed by atoms with Gasteiger partial charge in [0.05, 0.1) is 5.56 Å². The molecule has 36 heavy (non-hydrogen) atoms. The lowest BCUT2D eigenvalue weighted by Gasteiger charge is -2.17. The molecule has 0 saturated carbocycles. The molecule has 0 radical (unpaired) electrons. The third kappa shape index (κ3) is 6.40. The average molecular weight is 497 g/mol. The minimum atomic E-state index is -1.02. The molecule has 0 aliphatic rings. The molecule has 1 unspecified atom stereocenters. The minimum Gasteiger partial charge on any atom is -0.478 e. The maximum absolute atomic E-state index is 13.2. The van der Waals surface area contributed by atoms with Gasteiger partial charge in [-0.3, -0.25) is 9.59 Å². The Labute approximate surface area is 213 Å². The highest BCUT2D eigenvalue weighted by Gasteiger charge is 2.22. The number of hydrogen-bond donors (Lipinski definition) is 3. The maximum Gasteiger partial charge on any atom is 0.335 e. The number of nitrogens with one attached hydrogen (secondary N) is 2. The lowest BCUT2D eigenvalue weighted by molar-refractivity contribution is -0.115. The van der Waals surface area contributed by atoms with Crippen LogP contribution in [0.5, 0.6) is 0 Å². The summed E-state index contributed by atoms with van der Waals surface area (Å²) in [4.78, 5) is 37.7. The Morgan fingerprint density at radius 2 is 1.36 bits per heavy atom. The molecule has 180 valence electrons. The van der Waals surface area contributed by atoms with Crippen molar-refractivity contribution in [2.45, 2.75) is 17.1 Å². The van der Waals surface area contributed by atoms with E-state index in [-0.39, 0.29) is 17.4 Å². The van der Waals surface area contributed by atoms with E-state index < -0.39 is 11.2 Å². The van der Waals surface area contributed by atoms with E-state index in [1.807, 2.05) is 67.6 Å². The lowest BCUT2D eigenvalue weighted by atomic mass is 10.1. The molecule has 0 heterocycles. The van der Waals surface area contributed by atoms with Crippen molar-refractivity contribution in [3.05, 3.63) is 125 Å². The van der Waals surface area contributed by atoms with Crippen LogP contribution >= 0.6 is 11.8 Å². The highest BCUT2D eigenvalue weighted by molar-refractivity contribution is 8.00. The van der Waals surface area contributed by atoms with Gasteiger partial charge in [-0.15, -0.1) is 11.8 Å². The molecule has 0 aromatic heterocycles. The van der Waals surface area contributed by atoms with Crippen LogP contribution in [-0.4, -0.2) is 22.9 Å². The van der Waals surface area contributed by atoms with Crippen LogP contribution in [0.3, 0.4) is 0 Å². The number of carbonyl (C=O) groups is 3. The smallest absolute Gasteiger partial charge is 0.335 e. The first-order valence-electron chi connectivity index (χ1n) is 11.2. The van der Waals surface area contributed by atoms with Crippen molar-refractivity contribution in [1.29, 1.82) is 0 Å². The zero-order valence-electron chi connectivity index (χ0n) is 19.5. The van der Waals surface area contributed by atoms with Crippen molar-refractivity contribution < 1.29 is 19.5 Å². The number of hydrogen-bond acceptors (Lipinski definition) is 4. The molecule has 0 bridgehead atoms. The van der Waals surface area contributed by atoms with E-state index in [1.54, 1.807) is 30.3 Å². The van der Waals surface area contributed by atoms with Crippen molar-refractivity contribution in [3.8, 4) is 0 Å². The number of anilines is 2. The summed E-state index contributed by atoms with van der Waals surface area (Å²) in [6.07, 6.45) is 0. The topological polar surface area (TPSA) is 95.5 Å². The van der Waals surface area contributed by atoms with Crippen LogP contribution in [-0.2, 0) is 4.79 Å². The largest absolute Gasteiger partial charge is 0.478 e. The van der Waals surface area contributed by atoms with E-state index in [0.29, 0.717) is 16.9 Å². The van der Waals surface area contributed by atoms with Gasteiger partial charge in [0.25, 0.3) is 5.91 Å². The van der Waals surface area contributed by atoms with Gasteiger partial charge < -0.3 is 15.7 Å². The van der Waals surface area contributed by atoms with Crippen molar-refractivity contribution >= 4 is 40.9 Å². The number of carboxylic acids is 1. The van der Waals surface area contributed by atoms with Crippen LogP contribution in [0.2, 0.25) is 0 Å². The van der Waals surface area contributed by atoms with Gasteiger partial charge in [0.15, 0.2) is 0 Å². The third-order valence-electron chi connectivity index (χ3n) is 5.39. The van der Waals surface area contributed by atoms with Gasteiger partial charge in [0, 0.05) is 21.8 Å². The summed E-state index contributed by atoms with van der Waals surface area (Å²) in [5.74, 6) is -1.44. The number of aryl methyl sites for hydroxylation is 1. The fourth-order valence-electron chi connectivity index (χ4n) is 3.55. The van der Waals surface area contributed by atoms with E-state index in [4.69, 9.17) is 5.11 Å². The molecule has 4 aromatic rings. The molecule has 0 spiro atoms. The predicted octanol–water partition coefficient (Wildman–Crippen LogP) is 6.42. The second kappa shape index (κ2) is 11.4. The van der Waals surface area contributed by atoms with Gasteiger partial charge in [-0.25, -0.2) is 4.79 Å². The molecule has 1 atom stereocenters. The third-order valence-corrected chi connectivity index (χ3v) is 6.65. The average Bonchev–Trinajstić information content (AvgIpc) is 2.89. The molecule has 2 amide bonds. The van der Waals surface area contributed by atoms with Crippen LogP contribution in [0.4, 0.5) is 11.4 Å². The second-order valence-corrected chi connectivity index (χ2v) is 9.31. The van der Waals surface area contributed by atoms with Gasteiger partial charge in [-0.2, -0.15) is 0 Å². The van der Waals surface area contributed by atoms with E-state index in [2.05, 4.69) is 10.6 Å². The van der Waals surface area contributed by atoms with Crippen molar-refractivity contribution in [3.63, 3.8) is 0 Å². The molecule has 3 N–H and O–H groups in total. The Bertz CT molecular complexity index is 1370. The van der Waals surface area contributed by atoms with Gasteiger partial charge >= 0.3 is 5.97 Å². The molecular weight excluding hydrogens is 472 g/mol. The number of carboxylic acid groups (broad SMARTS) is 1. The number of thioether (sulfide) groups is 1. The van der Waals surface area contributed by atoms with E-state index >= 15 is 0 Å². The minimum absolute atomic E-state index is 0.150. The lowest BCUT2D eigenvalue weighted by Crippen LogP contribution is -2.19. The van der Waals surface area contributed by atoms with Crippen LogP contribution in [0.15, 0.2) is 108 Å². The van der Waals surface area contributed by atoms with Gasteiger partial charge in [0.2, 0.25) is 5.91 Å². The summed E-state index contributed by atoms with van der Waals surface area (Å²) < 4.78 is 0. The Kier molecular flexibility index (Phi) is 7.82. The molecule has 4 aromatic carbocycles. The zero-order valence-corrected chi connectivity index (χ0v) is 20.3. The van der Waals surface area contributed by atoms with Crippen molar-refractivity contribution in [1.82, 2.24) is 0 Å². The fraction of sp³-hybridized carbons (Fsp3) is 0.0690. The van der Waals surface area contributed by atoms with E-state index in [0.717, 1.165) is 16.0 Å². The first kappa shape index (κ1) is 24.8. The Morgan fingerprint density at radius 1 is 0.722 bits per heavy atom. The molecule has 0 saturated heterocycles. The molecule has 0 fully saturated rings. The van der Waals surface area contributed by atoms with Crippen LogP contribution < -0.4 is 10.6 Å². The monoisotopic (exact) mass is 496 g/mol. The first-order valence-corrected chi connectivity index (χ1v) is 12.1. The maximum atomic E-state index is 13.2. The highest BCUT2D eigenvalue weighted by Crippen LogP contribution is 2.36. The molecule has 6 nitrogen and oxygen atoms in total. The molecule has 0 aliphatic carbocycles. The quantitative estimate of drug-likeness (QED) is 0.245. The number of aromatic carboxylic acids is 1. The predicted molar refractivity (Wildman–Crippen MR) is 143 cm³/mol. The Morgan fingerprint density at radius 3 is 2.00 bits per heavy atom. The number of carbonyl (C=O) groups excluding carboxylic acids is 2. The summed E-state index contributed by atoms with van der Waals surface area (Å²) in [6, 6.07) is 30.2. The molecular formula is C29H24N2O4S. The van der Waals surface area contributed by atoms with E-state index in [9.17, 15) is 14.4 Å². The second-order valence-electron chi connectivity index (χ2n) is 8.13. The van der Waals surface area contributed by atoms with Crippen LogP contribution in [0.1, 0.15) is 37.1 Å². The van der Waals surface area contributed by atoms with Gasteiger partial charge in [-0.05, 0) is 73.2 Å². The number of rotatable bonds is 8. The summed E-state index contributed by atoms with van der Waals surface area (Å²) in [6.45, 7) is 1.94. The summed E-state index contributed by atoms with van der Waals surface area (Å²) >= 11 is 1.38. The standard InChI is InChI=1S/C29H24N2O4S/c1-19-6-5-9-22(18-19)27(32)30-24-14-16-25(17-15-24)36-26(20-7-3-2-4-8-20)28(33)31-23-12-10-21(11-13-23)29(34)35/h2-18,26H,1H3,(H,30,32)(H,31,33)(H,34,35). The fourth-order valence-corrected chi connectivity index (χ4v) is 4.57. The van der Waals surface area contributed by atoms with Crippen LogP contribution in [0, 0.1) is 6.92 Å². The molecule has 0 aliphatic heterocycles. The zero-order chi connectivity index (χ0) is 25.5. The van der Waals surface area contributed by atoms with Gasteiger partial charge in [-0.1, -0.05) is 48.0 Å². The Hall–Kier alpha value is -4.36. The van der Waals surface area contributed by atoms with Crippen molar-refractivity contribution in [2.75, 3.05) is 10.6 Å². The normalized spacial score (nSPS) is 11.4. The SMILES string of the molecule is Cc1cccc(C(=O)Nc2ccc(SC(C(=O)Nc3ccc(C(=O)O)cc3)c3ccccc3)cc2)c1. The molecule has 4 rings (SSSR count). The van der Waals surface area contributed by atoms with E-state index in [1.165, 1.54) is 23.9 Å². The Balaban J connectivity index is 1.48. The summed E-state index contributed by atoms with van der Waals surface area (Å²) in [5, 5.41) is 14.3. The molecule has 7 heteroatoms. The summed E-state index contributed by atoms with van der Waals surface area (Å²) in [5.41, 5.74) is 3.75. The summed E-state index contributed by atoms with van der Waals surface area (Å²) in [7, 11) is 0. The van der Waals surface area contributed by atoms with Crippen molar-refractivity contribution in [2.24, 2.45) is 0 Å². The first-order chi connectivity index (χ1) is 17.4. The number of amides is 2. The van der Waals surface area contributed by atoms with Crippen LogP contribution in [0.25, 0.3) is 0 Å².